The maximum Gasteiger partial charge on any atom is 0.337 e. The van der Waals surface area contributed by atoms with E-state index in [0.717, 1.165) is 6.20 Å². The van der Waals surface area contributed by atoms with Gasteiger partial charge in [0.15, 0.2) is 0 Å². The monoisotopic (exact) mass is 399 g/mol. The molecule has 1 aromatic carbocycles. The van der Waals surface area contributed by atoms with Gasteiger partial charge in [-0.25, -0.2) is 9.78 Å². The molecule has 116 valence electrons. The summed E-state index contributed by atoms with van der Waals surface area (Å²) < 4.78 is 5.11. The number of nitrogens with zero attached hydrogens (tertiary/aromatic N) is 1. The second kappa shape index (κ2) is 6.69. The van der Waals surface area contributed by atoms with Gasteiger partial charge in [-0.2, -0.15) is 0 Å². The number of benzene rings is 1. The van der Waals surface area contributed by atoms with Crippen molar-refractivity contribution in [3.8, 4) is 17.0 Å². The van der Waals surface area contributed by atoms with Crippen LogP contribution in [0.4, 0.5) is 0 Å². The Kier molecular flexibility index (Phi) is 5.30. The summed E-state index contributed by atoms with van der Waals surface area (Å²) in [4.78, 5) is 15.0. The number of pyridine rings is 1. The molecule has 0 aliphatic heterocycles. The fourth-order valence-electron chi connectivity index (χ4n) is 1.75. The molecule has 0 unspecified atom stereocenters. The quantitative estimate of drug-likeness (QED) is 0.528. The van der Waals surface area contributed by atoms with Crippen molar-refractivity contribution in [1.29, 1.82) is 0 Å². The SMILES string of the molecule is COc1ncc(C(=O)O)cc1-c1c(Cl)c(Cl)c(Cl)c(Cl)c1Cl. The van der Waals surface area contributed by atoms with E-state index in [9.17, 15) is 4.79 Å². The summed E-state index contributed by atoms with van der Waals surface area (Å²) in [6.45, 7) is 0. The number of carboxylic acid groups (broad SMARTS) is 1. The highest BCUT2D eigenvalue weighted by atomic mass is 35.5. The van der Waals surface area contributed by atoms with Gasteiger partial charge in [-0.15, -0.1) is 0 Å². The average molecular weight is 401 g/mol. The van der Waals surface area contributed by atoms with Crippen LogP contribution < -0.4 is 4.74 Å². The lowest BCUT2D eigenvalue weighted by Crippen LogP contribution is -2.01. The van der Waals surface area contributed by atoms with Gasteiger partial charge in [0.1, 0.15) is 0 Å². The number of carboxylic acids is 1. The maximum absolute atomic E-state index is 11.1. The summed E-state index contributed by atoms with van der Waals surface area (Å²) in [6, 6.07) is 1.31. The minimum absolute atomic E-state index is 0.00315. The molecule has 4 nitrogen and oxygen atoms in total. The van der Waals surface area contributed by atoms with E-state index in [2.05, 4.69) is 4.98 Å². The molecule has 0 amide bonds. The summed E-state index contributed by atoms with van der Waals surface area (Å²) in [6.07, 6.45) is 1.14. The van der Waals surface area contributed by atoms with Crippen LogP contribution in [0.25, 0.3) is 11.1 Å². The third kappa shape index (κ3) is 2.94. The molecule has 0 saturated carbocycles. The van der Waals surface area contributed by atoms with E-state index in [4.69, 9.17) is 67.8 Å². The van der Waals surface area contributed by atoms with Gasteiger partial charge in [-0.3, -0.25) is 0 Å². The summed E-state index contributed by atoms with van der Waals surface area (Å²) in [5, 5.41) is 9.12. The van der Waals surface area contributed by atoms with Crippen LogP contribution in [0.3, 0.4) is 0 Å². The van der Waals surface area contributed by atoms with Crippen LogP contribution >= 0.6 is 58.0 Å². The van der Waals surface area contributed by atoms with E-state index in [0.29, 0.717) is 0 Å². The van der Waals surface area contributed by atoms with Crippen LogP contribution in [-0.2, 0) is 0 Å². The van der Waals surface area contributed by atoms with E-state index in [-0.39, 0.29) is 47.7 Å². The summed E-state index contributed by atoms with van der Waals surface area (Å²) in [5.41, 5.74) is 0.346. The molecule has 0 bridgehead atoms. The number of hydrogen-bond acceptors (Lipinski definition) is 3. The molecule has 0 radical (unpaired) electrons. The molecule has 0 spiro atoms. The number of aromatic nitrogens is 1. The molecule has 0 saturated heterocycles. The van der Waals surface area contributed by atoms with Gasteiger partial charge in [0.25, 0.3) is 0 Å². The van der Waals surface area contributed by atoms with E-state index in [1.165, 1.54) is 13.2 Å². The van der Waals surface area contributed by atoms with Crippen molar-refractivity contribution < 1.29 is 14.6 Å². The molecule has 0 aliphatic rings. The Bertz CT molecular complexity index is 750. The minimum Gasteiger partial charge on any atom is -0.481 e. The van der Waals surface area contributed by atoms with Crippen LogP contribution in [0.15, 0.2) is 12.3 Å². The minimum atomic E-state index is -1.17. The highest BCUT2D eigenvalue weighted by Gasteiger charge is 2.24. The van der Waals surface area contributed by atoms with Crippen molar-refractivity contribution in [3.63, 3.8) is 0 Å². The molecule has 0 aliphatic carbocycles. The van der Waals surface area contributed by atoms with E-state index in [1.54, 1.807) is 0 Å². The van der Waals surface area contributed by atoms with Crippen LogP contribution in [0.2, 0.25) is 25.1 Å². The standard InChI is InChI=1S/C13H6Cl5NO3/c1-22-12-5(2-4(3-19-12)13(20)21)6-7(14)9(16)11(18)10(17)8(6)15/h2-3H,1H3,(H,20,21). The molecule has 2 rings (SSSR count). The molecule has 0 atom stereocenters. The smallest absolute Gasteiger partial charge is 0.337 e. The Hall–Kier alpha value is -0.910. The number of methoxy groups -OCH3 is 1. The second-order valence-electron chi connectivity index (χ2n) is 4.03. The lowest BCUT2D eigenvalue weighted by molar-refractivity contribution is 0.0696. The molecule has 1 aromatic heterocycles. The van der Waals surface area contributed by atoms with Crippen molar-refractivity contribution >= 4 is 64.0 Å². The van der Waals surface area contributed by atoms with E-state index >= 15 is 0 Å². The van der Waals surface area contributed by atoms with Gasteiger partial charge < -0.3 is 9.84 Å². The molecule has 22 heavy (non-hydrogen) atoms. The van der Waals surface area contributed by atoms with Gasteiger partial charge >= 0.3 is 5.97 Å². The Morgan fingerprint density at radius 2 is 1.55 bits per heavy atom. The lowest BCUT2D eigenvalue weighted by Gasteiger charge is -2.15. The third-order valence-corrected chi connectivity index (χ3v) is 5.05. The Morgan fingerprint density at radius 1 is 1.05 bits per heavy atom. The second-order valence-corrected chi connectivity index (χ2v) is 5.92. The number of halogens is 5. The third-order valence-electron chi connectivity index (χ3n) is 2.77. The fraction of sp³-hybridized carbons (Fsp3) is 0.0769. The van der Waals surface area contributed by atoms with E-state index < -0.39 is 5.97 Å². The first kappa shape index (κ1) is 17.4. The van der Waals surface area contributed by atoms with Gasteiger partial charge in [-0.05, 0) is 6.07 Å². The van der Waals surface area contributed by atoms with Gasteiger partial charge in [0, 0.05) is 17.3 Å². The van der Waals surface area contributed by atoms with Crippen molar-refractivity contribution in [2.75, 3.05) is 7.11 Å². The molecule has 1 heterocycles. The summed E-state index contributed by atoms with van der Waals surface area (Å²) in [7, 11) is 1.37. The highest BCUT2D eigenvalue weighted by Crippen LogP contribution is 2.49. The Balaban J connectivity index is 2.87. The van der Waals surface area contributed by atoms with Crippen LogP contribution in [0.1, 0.15) is 10.4 Å². The van der Waals surface area contributed by atoms with Crippen LogP contribution in [-0.4, -0.2) is 23.2 Å². The first-order valence-electron chi connectivity index (χ1n) is 5.58. The zero-order valence-corrected chi connectivity index (χ0v) is 14.5. The van der Waals surface area contributed by atoms with Gasteiger partial charge in [0.05, 0.1) is 37.8 Å². The van der Waals surface area contributed by atoms with Gasteiger partial charge in [0.2, 0.25) is 5.88 Å². The fourth-order valence-corrected chi connectivity index (χ4v) is 3.09. The van der Waals surface area contributed by atoms with Gasteiger partial charge in [-0.1, -0.05) is 58.0 Å². The number of rotatable bonds is 3. The van der Waals surface area contributed by atoms with Crippen LogP contribution in [0.5, 0.6) is 5.88 Å². The first-order chi connectivity index (χ1) is 10.3. The van der Waals surface area contributed by atoms with Crippen LogP contribution in [0, 0.1) is 0 Å². The predicted octanol–water partition coefficient (Wildman–Crippen LogP) is 5.72. The zero-order valence-electron chi connectivity index (χ0n) is 10.8. The molecule has 0 fully saturated rings. The largest absolute Gasteiger partial charge is 0.481 e. The average Bonchev–Trinajstić information content (AvgIpc) is 2.51. The number of aromatic carboxylic acids is 1. The Morgan fingerprint density at radius 3 is 2.00 bits per heavy atom. The van der Waals surface area contributed by atoms with Crippen molar-refractivity contribution in [3.05, 3.63) is 42.9 Å². The van der Waals surface area contributed by atoms with Crippen molar-refractivity contribution in [1.82, 2.24) is 4.98 Å². The molecule has 9 heteroatoms. The van der Waals surface area contributed by atoms with E-state index in [1.807, 2.05) is 0 Å². The maximum atomic E-state index is 11.1. The molecule has 1 N–H and O–H groups in total. The van der Waals surface area contributed by atoms with Crippen molar-refractivity contribution in [2.45, 2.75) is 0 Å². The zero-order chi connectivity index (χ0) is 16.6. The molecular formula is C13H6Cl5NO3. The molecule has 2 aromatic rings. The topological polar surface area (TPSA) is 59.4 Å². The number of ether oxygens (including phenoxy) is 1. The lowest BCUT2D eigenvalue weighted by atomic mass is 10.0. The summed E-state index contributed by atoms with van der Waals surface area (Å²) >= 11 is 30.3. The summed E-state index contributed by atoms with van der Waals surface area (Å²) in [5.74, 6) is -1.06. The first-order valence-corrected chi connectivity index (χ1v) is 7.47. The Labute approximate surface area is 150 Å². The number of hydrogen-bond donors (Lipinski definition) is 1. The molecular weight excluding hydrogens is 395 g/mol. The number of carbonyl (C=O) groups is 1. The van der Waals surface area contributed by atoms with Crippen molar-refractivity contribution in [2.24, 2.45) is 0 Å². The predicted molar refractivity (Wildman–Crippen MR) is 88.2 cm³/mol. The highest BCUT2D eigenvalue weighted by molar-refractivity contribution is 6.56. The normalized spacial score (nSPS) is 10.6.